The highest BCUT2D eigenvalue weighted by molar-refractivity contribution is 7.92. The van der Waals surface area contributed by atoms with Gasteiger partial charge in [0, 0.05) is 18.3 Å². The molecule has 10 heteroatoms. The summed E-state index contributed by atoms with van der Waals surface area (Å²) in [6.45, 7) is 0. The van der Waals surface area contributed by atoms with Gasteiger partial charge >= 0.3 is 0 Å². The number of hydrogen-bond donors (Lipinski definition) is 1. The number of benzene rings is 1. The van der Waals surface area contributed by atoms with Gasteiger partial charge in [0.25, 0.3) is 15.7 Å². The minimum atomic E-state index is -4.28. The number of nitrogens with zero attached hydrogens (tertiary/aromatic N) is 2. The predicted molar refractivity (Wildman–Crippen MR) is 73.1 cm³/mol. The normalized spacial score (nSPS) is 11.1. The molecular weight excluding hydrogens is 325 g/mol. The third-order valence-electron chi connectivity index (χ3n) is 2.43. The third-order valence-corrected chi connectivity index (χ3v) is 4.28. The number of anilines is 1. The van der Waals surface area contributed by atoms with Gasteiger partial charge in [0.1, 0.15) is 4.90 Å². The molecule has 21 heavy (non-hydrogen) atoms. The zero-order valence-corrected chi connectivity index (χ0v) is 11.7. The number of nitro groups is 1. The van der Waals surface area contributed by atoms with Crippen LogP contribution in [0.2, 0.25) is 5.02 Å². The fraction of sp³-hybridized carbons (Fsp3) is 0. The molecule has 0 atom stereocenters. The van der Waals surface area contributed by atoms with Gasteiger partial charge in [-0.2, -0.15) is 0 Å². The quantitative estimate of drug-likeness (QED) is 0.685. The lowest BCUT2D eigenvalue weighted by Crippen LogP contribution is -2.14. The number of non-ortho nitro benzene ring substituents is 1. The van der Waals surface area contributed by atoms with E-state index >= 15 is 0 Å². The predicted octanol–water partition coefficient (Wildman–Crippen LogP) is 2.58. The average Bonchev–Trinajstić information content (AvgIpc) is 2.41. The van der Waals surface area contributed by atoms with E-state index in [-0.39, 0.29) is 10.7 Å². The second kappa shape index (κ2) is 5.62. The van der Waals surface area contributed by atoms with Gasteiger partial charge in [-0.15, -0.1) is 0 Å². The van der Waals surface area contributed by atoms with Crippen LogP contribution < -0.4 is 4.72 Å². The highest BCUT2D eigenvalue weighted by Crippen LogP contribution is 2.28. The van der Waals surface area contributed by atoms with E-state index < -0.39 is 31.3 Å². The van der Waals surface area contributed by atoms with Crippen molar-refractivity contribution < 1.29 is 17.7 Å². The zero-order chi connectivity index (χ0) is 15.6. The Morgan fingerprint density at radius 3 is 2.67 bits per heavy atom. The Bertz CT molecular complexity index is 813. The fourth-order valence-corrected chi connectivity index (χ4v) is 3.06. The first kappa shape index (κ1) is 15.1. The minimum absolute atomic E-state index is 0.220. The van der Waals surface area contributed by atoms with Crippen LogP contribution in [-0.2, 0) is 10.0 Å². The van der Waals surface area contributed by atoms with Gasteiger partial charge in [-0.25, -0.2) is 12.8 Å². The molecule has 2 aromatic rings. The molecule has 0 fully saturated rings. The second-order valence-electron chi connectivity index (χ2n) is 3.83. The summed E-state index contributed by atoms with van der Waals surface area (Å²) in [4.78, 5) is 12.9. The van der Waals surface area contributed by atoms with Crippen LogP contribution in [-0.4, -0.2) is 18.3 Å². The summed E-state index contributed by atoms with van der Waals surface area (Å²) in [5.41, 5.74) is -0.789. The molecule has 7 nitrogen and oxygen atoms in total. The van der Waals surface area contributed by atoms with Crippen LogP contribution in [0.15, 0.2) is 41.6 Å². The summed E-state index contributed by atoms with van der Waals surface area (Å²) in [5, 5.41) is 10.5. The van der Waals surface area contributed by atoms with E-state index in [1.807, 2.05) is 4.72 Å². The molecule has 0 unspecified atom stereocenters. The Morgan fingerprint density at radius 1 is 1.33 bits per heavy atom. The number of sulfonamides is 1. The van der Waals surface area contributed by atoms with Crippen LogP contribution in [0, 0.1) is 15.9 Å². The average molecular weight is 332 g/mol. The van der Waals surface area contributed by atoms with E-state index in [1.165, 1.54) is 6.20 Å². The van der Waals surface area contributed by atoms with Gasteiger partial charge in [0.05, 0.1) is 21.8 Å². The first-order chi connectivity index (χ1) is 9.81. The smallest absolute Gasteiger partial charge is 0.270 e. The lowest BCUT2D eigenvalue weighted by Gasteiger charge is -2.09. The molecule has 2 rings (SSSR count). The maximum Gasteiger partial charge on any atom is 0.270 e. The highest BCUT2D eigenvalue weighted by atomic mass is 35.5. The van der Waals surface area contributed by atoms with Gasteiger partial charge < -0.3 is 0 Å². The minimum Gasteiger partial charge on any atom is -0.276 e. The highest BCUT2D eigenvalue weighted by Gasteiger charge is 2.22. The van der Waals surface area contributed by atoms with E-state index in [2.05, 4.69) is 4.98 Å². The zero-order valence-electron chi connectivity index (χ0n) is 10.2. The third kappa shape index (κ3) is 3.26. The van der Waals surface area contributed by atoms with Crippen molar-refractivity contribution in [1.82, 2.24) is 4.98 Å². The standard InChI is InChI=1S/C11H7ClFN3O4S/c12-8-2-1-7(16(17)18)5-11(8)21(19,20)15-10-3-4-14-6-9(10)13/h1-6H,(H,14,15). The van der Waals surface area contributed by atoms with Gasteiger partial charge in [0.2, 0.25) is 0 Å². The Balaban J connectivity index is 2.47. The van der Waals surface area contributed by atoms with Crippen molar-refractivity contribution >= 4 is 33.0 Å². The number of halogens is 2. The monoisotopic (exact) mass is 331 g/mol. The molecule has 0 bridgehead atoms. The number of nitrogens with one attached hydrogen (secondary N) is 1. The summed E-state index contributed by atoms with van der Waals surface area (Å²) in [6.07, 6.45) is 2.02. The largest absolute Gasteiger partial charge is 0.276 e. The molecule has 0 saturated heterocycles. The van der Waals surface area contributed by atoms with E-state index in [0.717, 1.165) is 30.5 Å². The molecule has 0 radical (unpaired) electrons. The van der Waals surface area contributed by atoms with Crippen LogP contribution >= 0.6 is 11.6 Å². The van der Waals surface area contributed by atoms with Crippen molar-refractivity contribution in [2.75, 3.05) is 4.72 Å². The van der Waals surface area contributed by atoms with E-state index in [0.29, 0.717) is 0 Å². The molecular formula is C11H7ClFN3O4S. The Kier molecular flexibility index (Phi) is 4.05. The van der Waals surface area contributed by atoms with Crippen molar-refractivity contribution in [3.8, 4) is 0 Å². The number of aromatic nitrogens is 1. The van der Waals surface area contributed by atoms with Crippen molar-refractivity contribution in [3.63, 3.8) is 0 Å². The summed E-state index contributed by atoms with van der Waals surface area (Å²) in [7, 11) is -4.28. The molecule has 0 aliphatic rings. The number of rotatable bonds is 4. The molecule has 1 aromatic carbocycles. The van der Waals surface area contributed by atoms with Gasteiger partial charge in [0.15, 0.2) is 5.82 Å². The lowest BCUT2D eigenvalue weighted by atomic mass is 10.3. The van der Waals surface area contributed by atoms with E-state index in [1.54, 1.807) is 0 Å². The Morgan fingerprint density at radius 2 is 2.05 bits per heavy atom. The Hall–Kier alpha value is -2.26. The Labute approximate surface area is 123 Å². The molecule has 0 aliphatic heterocycles. The second-order valence-corrected chi connectivity index (χ2v) is 5.89. The maximum absolute atomic E-state index is 13.4. The van der Waals surface area contributed by atoms with Crippen molar-refractivity contribution in [3.05, 3.63) is 57.6 Å². The van der Waals surface area contributed by atoms with E-state index in [9.17, 15) is 22.9 Å². The lowest BCUT2D eigenvalue weighted by molar-refractivity contribution is -0.385. The number of pyridine rings is 1. The fourth-order valence-electron chi connectivity index (χ4n) is 1.47. The molecule has 0 saturated carbocycles. The van der Waals surface area contributed by atoms with Crippen LogP contribution in [0.4, 0.5) is 15.8 Å². The molecule has 110 valence electrons. The summed E-state index contributed by atoms with van der Waals surface area (Å²) < 4.78 is 39.7. The summed E-state index contributed by atoms with van der Waals surface area (Å²) in [6, 6.07) is 4.05. The SMILES string of the molecule is O=[N+]([O-])c1ccc(Cl)c(S(=O)(=O)Nc2ccncc2F)c1. The molecule has 0 amide bonds. The molecule has 1 aromatic heterocycles. The van der Waals surface area contributed by atoms with Gasteiger partial charge in [-0.05, 0) is 12.1 Å². The summed E-state index contributed by atoms with van der Waals surface area (Å²) >= 11 is 5.74. The van der Waals surface area contributed by atoms with Crippen molar-refractivity contribution in [1.29, 1.82) is 0 Å². The molecule has 1 N–H and O–H groups in total. The topological polar surface area (TPSA) is 102 Å². The molecule has 0 aliphatic carbocycles. The molecule has 0 spiro atoms. The van der Waals surface area contributed by atoms with Crippen molar-refractivity contribution in [2.45, 2.75) is 4.90 Å². The summed E-state index contributed by atoms with van der Waals surface area (Å²) in [5.74, 6) is -0.886. The van der Waals surface area contributed by atoms with Crippen LogP contribution in [0.5, 0.6) is 0 Å². The van der Waals surface area contributed by atoms with Crippen molar-refractivity contribution in [2.24, 2.45) is 0 Å². The number of hydrogen-bond acceptors (Lipinski definition) is 5. The number of nitro benzene ring substituents is 1. The molecule has 1 heterocycles. The van der Waals surface area contributed by atoms with Crippen LogP contribution in [0.1, 0.15) is 0 Å². The first-order valence-corrected chi connectivity index (χ1v) is 7.23. The first-order valence-electron chi connectivity index (χ1n) is 5.37. The van der Waals surface area contributed by atoms with Gasteiger partial charge in [-0.1, -0.05) is 11.6 Å². The maximum atomic E-state index is 13.4. The van der Waals surface area contributed by atoms with Gasteiger partial charge in [-0.3, -0.25) is 19.8 Å². The van der Waals surface area contributed by atoms with Crippen LogP contribution in [0.25, 0.3) is 0 Å². The van der Waals surface area contributed by atoms with Crippen LogP contribution in [0.3, 0.4) is 0 Å². The van der Waals surface area contributed by atoms with E-state index in [4.69, 9.17) is 11.6 Å².